The summed E-state index contributed by atoms with van der Waals surface area (Å²) in [6.45, 7) is 2.24. The predicted octanol–water partition coefficient (Wildman–Crippen LogP) is 4.61. The monoisotopic (exact) mass is 415 g/mol. The maximum absolute atomic E-state index is 12.8. The van der Waals surface area contributed by atoms with Gasteiger partial charge in [0.05, 0.1) is 11.3 Å². The Morgan fingerprint density at radius 1 is 0.774 bits per heavy atom. The molecule has 0 unspecified atom stereocenters. The highest BCUT2D eigenvalue weighted by Gasteiger charge is 2.14. The molecule has 3 aromatic rings. The highest BCUT2D eigenvalue weighted by Crippen LogP contribution is 2.17. The van der Waals surface area contributed by atoms with Crippen LogP contribution in [0.3, 0.4) is 0 Å². The lowest BCUT2D eigenvalue weighted by Gasteiger charge is -2.12. The molecule has 158 valence electrons. The Balaban J connectivity index is 1.65. The van der Waals surface area contributed by atoms with Gasteiger partial charge in [-0.2, -0.15) is 0 Å². The molecular weight excluding hydrogens is 390 g/mol. The second kappa shape index (κ2) is 10.7. The third kappa shape index (κ3) is 6.27. The molecule has 0 spiro atoms. The van der Waals surface area contributed by atoms with Gasteiger partial charge in [-0.25, -0.2) is 0 Å². The summed E-state index contributed by atoms with van der Waals surface area (Å²) in [5.41, 5.74) is 2.88. The first-order valence-electron chi connectivity index (χ1n) is 10.2. The maximum atomic E-state index is 12.8. The zero-order valence-corrected chi connectivity index (χ0v) is 17.4. The molecule has 6 heteroatoms. The second-order valence-electron chi connectivity index (χ2n) is 7.05. The van der Waals surface area contributed by atoms with E-state index in [2.05, 4.69) is 16.0 Å². The van der Waals surface area contributed by atoms with Crippen molar-refractivity contribution in [2.24, 2.45) is 0 Å². The molecule has 0 aliphatic rings. The number of amides is 3. The van der Waals surface area contributed by atoms with Gasteiger partial charge in [0, 0.05) is 24.2 Å². The zero-order valence-electron chi connectivity index (χ0n) is 17.4. The molecule has 0 aliphatic carbocycles. The Bertz CT molecular complexity index is 1060. The van der Waals surface area contributed by atoms with Crippen molar-refractivity contribution in [2.75, 3.05) is 10.6 Å². The molecule has 0 fully saturated rings. The number of carbonyl (C=O) groups excluding carboxylic acids is 3. The Kier molecular flexibility index (Phi) is 7.54. The van der Waals surface area contributed by atoms with Gasteiger partial charge in [0.25, 0.3) is 11.8 Å². The zero-order chi connectivity index (χ0) is 22.1. The molecule has 0 radical (unpaired) electrons. The van der Waals surface area contributed by atoms with E-state index in [0.29, 0.717) is 28.9 Å². The maximum Gasteiger partial charge on any atom is 0.255 e. The molecule has 6 nitrogen and oxygen atoms in total. The van der Waals surface area contributed by atoms with Crippen molar-refractivity contribution < 1.29 is 14.4 Å². The molecule has 0 saturated heterocycles. The highest BCUT2D eigenvalue weighted by molar-refractivity contribution is 6.09. The first-order chi connectivity index (χ1) is 15.1. The van der Waals surface area contributed by atoms with Crippen LogP contribution >= 0.6 is 0 Å². The average molecular weight is 415 g/mol. The normalized spacial score (nSPS) is 10.2. The van der Waals surface area contributed by atoms with Crippen molar-refractivity contribution in [3.8, 4) is 0 Å². The molecule has 0 aromatic heterocycles. The van der Waals surface area contributed by atoms with Gasteiger partial charge in [0.15, 0.2) is 0 Å². The summed E-state index contributed by atoms with van der Waals surface area (Å²) in [5, 5.41) is 8.52. The average Bonchev–Trinajstić information content (AvgIpc) is 2.79. The van der Waals surface area contributed by atoms with Crippen LogP contribution in [-0.2, 0) is 11.3 Å². The Morgan fingerprint density at radius 3 is 2.29 bits per heavy atom. The SMILES string of the molecule is CCCC(=O)Nc1cccc(CNC(=O)c2ccccc2NC(=O)c2ccccc2)c1. The number of nitrogens with one attached hydrogen (secondary N) is 3. The number of hydrogen-bond donors (Lipinski definition) is 3. The van der Waals surface area contributed by atoms with E-state index in [1.54, 1.807) is 48.5 Å². The van der Waals surface area contributed by atoms with E-state index < -0.39 is 0 Å². The van der Waals surface area contributed by atoms with Crippen LogP contribution in [0.25, 0.3) is 0 Å². The number of hydrogen-bond acceptors (Lipinski definition) is 3. The molecule has 0 atom stereocenters. The summed E-state index contributed by atoms with van der Waals surface area (Å²) in [7, 11) is 0. The van der Waals surface area contributed by atoms with Gasteiger partial charge in [-0.1, -0.05) is 49.4 Å². The topological polar surface area (TPSA) is 87.3 Å². The quantitative estimate of drug-likeness (QED) is 0.502. The van der Waals surface area contributed by atoms with E-state index in [1.807, 2.05) is 37.3 Å². The minimum atomic E-state index is -0.301. The first kappa shape index (κ1) is 21.8. The number of rotatable bonds is 8. The van der Waals surface area contributed by atoms with Gasteiger partial charge < -0.3 is 16.0 Å². The Morgan fingerprint density at radius 2 is 1.52 bits per heavy atom. The van der Waals surface area contributed by atoms with Crippen molar-refractivity contribution in [1.29, 1.82) is 0 Å². The molecular formula is C25H25N3O3. The van der Waals surface area contributed by atoms with Crippen LogP contribution in [-0.4, -0.2) is 17.7 Å². The fourth-order valence-corrected chi connectivity index (χ4v) is 3.06. The van der Waals surface area contributed by atoms with Crippen molar-refractivity contribution in [1.82, 2.24) is 5.32 Å². The van der Waals surface area contributed by atoms with E-state index in [9.17, 15) is 14.4 Å². The molecule has 0 saturated carbocycles. The lowest BCUT2D eigenvalue weighted by Crippen LogP contribution is -2.25. The molecule has 3 aromatic carbocycles. The molecule has 31 heavy (non-hydrogen) atoms. The molecule has 0 aliphatic heterocycles. The van der Waals surface area contributed by atoms with E-state index in [-0.39, 0.29) is 24.3 Å². The standard InChI is InChI=1S/C25H25N3O3/c1-2-9-23(29)27-20-13-8-10-18(16-20)17-26-25(31)21-14-6-7-15-22(21)28-24(30)19-11-4-3-5-12-19/h3-8,10-16H,2,9,17H2,1H3,(H,26,31)(H,27,29)(H,28,30). The predicted molar refractivity (Wildman–Crippen MR) is 122 cm³/mol. The van der Waals surface area contributed by atoms with Gasteiger partial charge >= 0.3 is 0 Å². The van der Waals surface area contributed by atoms with Crippen molar-refractivity contribution >= 4 is 29.1 Å². The smallest absolute Gasteiger partial charge is 0.255 e. The number of carbonyl (C=O) groups is 3. The van der Waals surface area contributed by atoms with E-state index in [0.717, 1.165) is 12.0 Å². The summed E-state index contributed by atoms with van der Waals surface area (Å²) in [6, 6.07) is 23.0. The molecule has 3 N–H and O–H groups in total. The first-order valence-corrected chi connectivity index (χ1v) is 10.2. The van der Waals surface area contributed by atoms with Gasteiger partial charge in [-0.05, 0) is 48.4 Å². The third-order valence-electron chi connectivity index (χ3n) is 4.60. The lowest BCUT2D eigenvalue weighted by atomic mass is 10.1. The molecule has 0 bridgehead atoms. The van der Waals surface area contributed by atoms with Crippen molar-refractivity contribution in [3.63, 3.8) is 0 Å². The van der Waals surface area contributed by atoms with Crippen LogP contribution in [0, 0.1) is 0 Å². The fraction of sp³-hybridized carbons (Fsp3) is 0.160. The Hall–Kier alpha value is -3.93. The lowest BCUT2D eigenvalue weighted by molar-refractivity contribution is -0.116. The largest absolute Gasteiger partial charge is 0.348 e. The van der Waals surface area contributed by atoms with Crippen molar-refractivity contribution in [2.45, 2.75) is 26.3 Å². The number of para-hydroxylation sites is 1. The van der Waals surface area contributed by atoms with Gasteiger partial charge in [-0.3, -0.25) is 14.4 Å². The summed E-state index contributed by atoms with van der Waals surface area (Å²) >= 11 is 0. The second-order valence-corrected chi connectivity index (χ2v) is 7.05. The minimum Gasteiger partial charge on any atom is -0.348 e. The molecule has 0 heterocycles. The van der Waals surface area contributed by atoms with Crippen LogP contribution in [0.15, 0.2) is 78.9 Å². The van der Waals surface area contributed by atoms with Crippen LogP contribution in [0.5, 0.6) is 0 Å². The molecule has 3 rings (SSSR count). The number of benzene rings is 3. The summed E-state index contributed by atoms with van der Waals surface area (Å²) in [6.07, 6.45) is 1.24. The van der Waals surface area contributed by atoms with Crippen LogP contribution in [0.4, 0.5) is 11.4 Å². The van der Waals surface area contributed by atoms with Crippen LogP contribution < -0.4 is 16.0 Å². The third-order valence-corrected chi connectivity index (χ3v) is 4.60. The summed E-state index contributed by atoms with van der Waals surface area (Å²) in [5.74, 6) is -0.618. The number of anilines is 2. The van der Waals surface area contributed by atoms with E-state index >= 15 is 0 Å². The van der Waals surface area contributed by atoms with Crippen LogP contribution in [0.2, 0.25) is 0 Å². The van der Waals surface area contributed by atoms with E-state index in [4.69, 9.17) is 0 Å². The summed E-state index contributed by atoms with van der Waals surface area (Å²) in [4.78, 5) is 37.0. The van der Waals surface area contributed by atoms with Crippen molar-refractivity contribution in [3.05, 3.63) is 95.6 Å². The summed E-state index contributed by atoms with van der Waals surface area (Å²) < 4.78 is 0. The minimum absolute atomic E-state index is 0.0354. The van der Waals surface area contributed by atoms with Crippen LogP contribution in [0.1, 0.15) is 46.0 Å². The Labute approximate surface area is 181 Å². The highest BCUT2D eigenvalue weighted by atomic mass is 16.2. The fourth-order valence-electron chi connectivity index (χ4n) is 3.06. The molecule has 3 amide bonds. The van der Waals surface area contributed by atoms with Gasteiger partial charge in [0.1, 0.15) is 0 Å². The van der Waals surface area contributed by atoms with Gasteiger partial charge in [0.2, 0.25) is 5.91 Å². The van der Waals surface area contributed by atoms with Gasteiger partial charge in [-0.15, -0.1) is 0 Å². The van der Waals surface area contributed by atoms with E-state index in [1.165, 1.54) is 0 Å².